The van der Waals surface area contributed by atoms with Crippen molar-refractivity contribution >= 4 is 27.3 Å². The van der Waals surface area contributed by atoms with Gasteiger partial charge in [-0.15, -0.1) is 0 Å². The fourth-order valence-electron chi connectivity index (χ4n) is 2.83. The first-order valence-corrected chi connectivity index (χ1v) is 11.0. The van der Waals surface area contributed by atoms with E-state index in [-0.39, 0.29) is 17.4 Å². The first-order valence-electron chi connectivity index (χ1n) is 9.51. The molecule has 0 aliphatic carbocycles. The van der Waals surface area contributed by atoms with Crippen LogP contribution in [0.5, 0.6) is 11.5 Å². The lowest BCUT2D eigenvalue weighted by Crippen LogP contribution is -2.31. The van der Waals surface area contributed by atoms with E-state index in [2.05, 4.69) is 4.72 Å². The summed E-state index contributed by atoms with van der Waals surface area (Å²) < 4.78 is 38.3. The highest BCUT2D eigenvalue weighted by molar-refractivity contribution is 7.92. The van der Waals surface area contributed by atoms with Crippen LogP contribution in [0, 0.1) is 6.92 Å². The molecule has 31 heavy (non-hydrogen) atoms. The Morgan fingerprint density at radius 3 is 2.23 bits per heavy atom. The van der Waals surface area contributed by atoms with Gasteiger partial charge in [0, 0.05) is 18.4 Å². The number of hydrogen-bond donors (Lipinski definition) is 1. The van der Waals surface area contributed by atoms with Gasteiger partial charge in [-0.3, -0.25) is 9.52 Å². The quantitative estimate of drug-likeness (QED) is 0.575. The number of nitrogens with zero attached hydrogens (tertiary/aromatic N) is 1. The summed E-state index contributed by atoms with van der Waals surface area (Å²) in [5.41, 5.74) is 2.15. The molecule has 3 rings (SSSR count). The monoisotopic (exact) mass is 440 g/mol. The summed E-state index contributed by atoms with van der Waals surface area (Å²) in [4.78, 5) is 14.0. The smallest absolute Gasteiger partial charge is 0.264 e. The molecule has 0 radical (unpaired) electrons. The Labute approximate surface area is 182 Å². The Hall–Kier alpha value is -3.52. The van der Waals surface area contributed by atoms with Crippen LogP contribution in [0.2, 0.25) is 0 Å². The van der Waals surface area contributed by atoms with Gasteiger partial charge in [0.05, 0.1) is 12.0 Å². The molecule has 0 bridgehead atoms. The van der Waals surface area contributed by atoms with E-state index in [0.717, 1.165) is 5.56 Å². The standard InChI is InChI=1S/C23H24N2O5S/c1-17-5-4-6-18(15-17)24-31(27,28)22-13-11-21(12-14-22)30-16-23(26)25(2)19-7-9-20(29-3)10-8-19/h4-15,24H,16H2,1-3H3. The van der Waals surface area contributed by atoms with Crippen LogP contribution >= 0.6 is 0 Å². The maximum atomic E-state index is 12.6. The topological polar surface area (TPSA) is 84.9 Å². The average molecular weight is 441 g/mol. The molecule has 3 aromatic rings. The second-order valence-corrected chi connectivity index (χ2v) is 8.57. The number of likely N-dealkylation sites (N-methyl/N-ethyl adjacent to an activating group) is 1. The van der Waals surface area contributed by atoms with Gasteiger partial charge in [0.2, 0.25) is 0 Å². The Bertz CT molecular complexity index is 1140. The lowest BCUT2D eigenvalue weighted by molar-refractivity contribution is -0.120. The van der Waals surface area contributed by atoms with Crippen LogP contribution in [-0.2, 0) is 14.8 Å². The fourth-order valence-corrected chi connectivity index (χ4v) is 3.88. The number of rotatable bonds is 8. The number of nitrogens with one attached hydrogen (secondary N) is 1. The molecule has 0 aliphatic heterocycles. The van der Waals surface area contributed by atoms with Crippen molar-refractivity contribution in [3.8, 4) is 11.5 Å². The molecule has 0 aliphatic rings. The summed E-state index contributed by atoms with van der Waals surface area (Å²) in [6.45, 7) is 1.70. The number of hydrogen-bond acceptors (Lipinski definition) is 5. The number of ether oxygens (including phenoxy) is 2. The van der Waals surface area contributed by atoms with Gasteiger partial charge in [-0.05, 0) is 73.2 Å². The van der Waals surface area contributed by atoms with Crippen molar-refractivity contribution in [2.24, 2.45) is 0 Å². The molecular formula is C23H24N2O5S. The summed E-state index contributed by atoms with van der Waals surface area (Å²) in [7, 11) is -0.495. The van der Waals surface area contributed by atoms with Gasteiger partial charge in [0.25, 0.3) is 15.9 Å². The molecule has 0 saturated carbocycles. The van der Waals surface area contributed by atoms with Gasteiger partial charge in [-0.1, -0.05) is 12.1 Å². The van der Waals surface area contributed by atoms with Crippen molar-refractivity contribution < 1.29 is 22.7 Å². The molecule has 1 N–H and O–H groups in total. The lowest BCUT2D eigenvalue weighted by atomic mass is 10.2. The summed E-state index contributed by atoms with van der Waals surface area (Å²) in [5, 5.41) is 0. The Kier molecular flexibility index (Phi) is 6.81. The van der Waals surface area contributed by atoms with Crippen LogP contribution < -0.4 is 19.1 Å². The molecule has 0 aromatic heterocycles. The van der Waals surface area contributed by atoms with Gasteiger partial charge in [0.1, 0.15) is 11.5 Å². The zero-order chi connectivity index (χ0) is 22.4. The SMILES string of the molecule is COc1ccc(N(C)C(=O)COc2ccc(S(=O)(=O)Nc3cccc(C)c3)cc2)cc1. The third kappa shape index (κ3) is 5.76. The Balaban J connectivity index is 1.60. The number of anilines is 2. The summed E-state index contributed by atoms with van der Waals surface area (Å²) in [6.07, 6.45) is 0. The fraction of sp³-hybridized carbons (Fsp3) is 0.174. The third-order valence-electron chi connectivity index (χ3n) is 4.60. The molecule has 1 amide bonds. The molecule has 0 unspecified atom stereocenters. The highest BCUT2D eigenvalue weighted by Crippen LogP contribution is 2.21. The van der Waals surface area contributed by atoms with Crippen LogP contribution in [0.25, 0.3) is 0 Å². The molecule has 7 nitrogen and oxygen atoms in total. The maximum Gasteiger partial charge on any atom is 0.264 e. The van der Waals surface area contributed by atoms with E-state index < -0.39 is 10.0 Å². The Morgan fingerprint density at radius 1 is 0.968 bits per heavy atom. The number of amides is 1. The third-order valence-corrected chi connectivity index (χ3v) is 6.00. The van der Waals surface area contributed by atoms with E-state index in [1.54, 1.807) is 56.6 Å². The number of aryl methyl sites for hydroxylation is 1. The lowest BCUT2D eigenvalue weighted by Gasteiger charge is -2.18. The van der Waals surface area contributed by atoms with Crippen LogP contribution in [0.3, 0.4) is 0 Å². The first-order chi connectivity index (χ1) is 14.8. The van der Waals surface area contributed by atoms with Crippen molar-refractivity contribution in [1.29, 1.82) is 0 Å². The van der Waals surface area contributed by atoms with Crippen LogP contribution in [0.4, 0.5) is 11.4 Å². The minimum Gasteiger partial charge on any atom is -0.497 e. The van der Waals surface area contributed by atoms with Gasteiger partial charge in [0.15, 0.2) is 6.61 Å². The van der Waals surface area contributed by atoms with Crippen molar-refractivity contribution in [3.05, 3.63) is 78.4 Å². The molecule has 0 fully saturated rings. The molecule has 8 heteroatoms. The molecular weight excluding hydrogens is 416 g/mol. The highest BCUT2D eigenvalue weighted by atomic mass is 32.2. The van der Waals surface area contributed by atoms with Crippen LogP contribution in [0.1, 0.15) is 5.56 Å². The highest BCUT2D eigenvalue weighted by Gasteiger charge is 2.15. The molecule has 0 heterocycles. The maximum absolute atomic E-state index is 12.6. The van der Waals surface area contributed by atoms with Crippen molar-refractivity contribution in [1.82, 2.24) is 0 Å². The van der Waals surface area contributed by atoms with Gasteiger partial charge >= 0.3 is 0 Å². The Morgan fingerprint density at radius 2 is 1.61 bits per heavy atom. The minimum absolute atomic E-state index is 0.100. The van der Waals surface area contributed by atoms with E-state index in [1.807, 2.05) is 13.0 Å². The second kappa shape index (κ2) is 9.53. The van der Waals surface area contributed by atoms with Crippen molar-refractivity contribution in [3.63, 3.8) is 0 Å². The van der Waals surface area contributed by atoms with Gasteiger partial charge in [-0.2, -0.15) is 0 Å². The van der Waals surface area contributed by atoms with E-state index in [4.69, 9.17) is 9.47 Å². The minimum atomic E-state index is -3.72. The van der Waals surface area contributed by atoms with Crippen molar-refractivity contribution in [2.75, 3.05) is 30.4 Å². The summed E-state index contributed by atoms with van der Waals surface area (Å²) >= 11 is 0. The molecule has 162 valence electrons. The predicted molar refractivity (Wildman–Crippen MR) is 120 cm³/mol. The average Bonchev–Trinajstić information content (AvgIpc) is 2.77. The van der Waals surface area contributed by atoms with Gasteiger partial charge < -0.3 is 14.4 Å². The van der Waals surface area contributed by atoms with E-state index in [9.17, 15) is 13.2 Å². The van der Waals surface area contributed by atoms with Gasteiger partial charge in [-0.25, -0.2) is 8.42 Å². The van der Waals surface area contributed by atoms with E-state index >= 15 is 0 Å². The zero-order valence-electron chi connectivity index (χ0n) is 17.5. The van der Waals surface area contributed by atoms with Crippen molar-refractivity contribution in [2.45, 2.75) is 11.8 Å². The molecule has 3 aromatic carbocycles. The number of carbonyl (C=O) groups is 1. The number of methoxy groups -OCH3 is 1. The summed E-state index contributed by atoms with van der Waals surface area (Å²) in [5.74, 6) is 0.849. The molecule has 0 saturated heterocycles. The van der Waals surface area contributed by atoms with E-state index in [0.29, 0.717) is 22.9 Å². The summed E-state index contributed by atoms with van der Waals surface area (Å²) in [6, 6.07) is 20.1. The molecule has 0 spiro atoms. The first kappa shape index (κ1) is 22.2. The molecule has 0 atom stereocenters. The van der Waals surface area contributed by atoms with E-state index in [1.165, 1.54) is 29.2 Å². The largest absolute Gasteiger partial charge is 0.497 e. The second-order valence-electron chi connectivity index (χ2n) is 6.89. The van der Waals surface area contributed by atoms with Crippen LogP contribution in [0.15, 0.2) is 77.7 Å². The number of carbonyl (C=O) groups excluding carboxylic acids is 1. The number of sulfonamides is 1. The zero-order valence-corrected chi connectivity index (χ0v) is 18.3. The predicted octanol–water partition coefficient (Wildman–Crippen LogP) is 3.85. The van der Waals surface area contributed by atoms with Crippen LogP contribution in [-0.4, -0.2) is 35.1 Å². The number of benzene rings is 3. The normalized spacial score (nSPS) is 10.9.